The van der Waals surface area contributed by atoms with Crippen LogP contribution in [0.5, 0.6) is 0 Å². The van der Waals surface area contributed by atoms with Crippen LogP contribution in [-0.2, 0) is 0 Å². The molecule has 3 atom stereocenters. The Morgan fingerprint density at radius 2 is 1.67 bits per heavy atom. The summed E-state index contributed by atoms with van der Waals surface area (Å²) in [5.74, 6) is 1.70. The van der Waals surface area contributed by atoms with Crippen LogP contribution in [0.2, 0.25) is 0 Å². The fraction of sp³-hybridized carbons (Fsp3) is 1.00. The zero-order chi connectivity index (χ0) is 13.8. The molecule has 1 aliphatic rings. The van der Waals surface area contributed by atoms with Gasteiger partial charge in [-0.15, -0.1) is 0 Å². The summed E-state index contributed by atoms with van der Waals surface area (Å²) in [5.41, 5.74) is 0. The fourth-order valence-corrected chi connectivity index (χ4v) is 3.42. The van der Waals surface area contributed by atoms with Crippen molar-refractivity contribution >= 4 is 0 Å². The molecular weight excluding hydrogens is 239 g/mol. The molecule has 1 nitrogen and oxygen atoms in total. The largest absolute Gasteiger partial charge is 0.389 e. The Balaban J connectivity index is 2.54. The van der Waals surface area contributed by atoms with Gasteiger partial charge in [0.2, 0.25) is 0 Å². The van der Waals surface area contributed by atoms with Gasteiger partial charge in [0.15, 0.2) is 0 Å². The van der Waals surface area contributed by atoms with E-state index in [1.807, 2.05) is 6.92 Å². The first-order valence-corrected chi connectivity index (χ1v) is 7.12. The quantitative estimate of drug-likeness (QED) is 0.778. The first-order valence-electron chi connectivity index (χ1n) is 7.12. The molecule has 4 heteroatoms. The summed E-state index contributed by atoms with van der Waals surface area (Å²) in [6, 6.07) is 0.0295. The molecule has 0 heterocycles. The molecule has 1 fully saturated rings. The maximum Gasteiger partial charge on any atom is 0.389 e. The molecule has 0 radical (unpaired) electrons. The van der Waals surface area contributed by atoms with Gasteiger partial charge in [0.1, 0.15) is 0 Å². The molecule has 1 N–H and O–H groups in total. The van der Waals surface area contributed by atoms with Crippen LogP contribution in [0.4, 0.5) is 13.2 Å². The van der Waals surface area contributed by atoms with Gasteiger partial charge in [-0.05, 0) is 50.0 Å². The summed E-state index contributed by atoms with van der Waals surface area (Å²) in [5, 5.41) is 3.27. The van der Waals surface area contributed by atoms with Crippen LogP contribution in [0.15, 0.2) is 0 Å². The standard InChI is InChI=1S/C14H26F3N/c1-4-18-13(5-6-14(15,16)17)12-8-10(2)7-11(3)9-12/h10-13,18H,4-9H2,1-3H3. The van der Waals surface area contributed by atoms with Gasteiger partial charge >= 0.3 is 6.18 Å². The lowest BCUT2D eigenvalue weighted by molar-refractivity contribution is -0.137. The average Bonchev–Trinajstić information content (AvgIpc) is 2.21. The van der Waals surface area contributed by atoms with Gasteiger partial charge in [-0.1, -0.05) is 20.8 Å². The molecule has 0 aromatic rings. The summed E-state index contributed by atoms with van der Waals surface area (Å²) in [4.78, 5) is 0. The molecule has 0 amide bonds. The molecule has 0 spiro atoms. The van der Waals surface area contributed by atoms with Crippen LogP contribution in [0.1, 0.15) is 52.9 Å². The van der Waals surface area contributed by atoms with Crippen LogP contribution in [0.25, 0.3) is 0 Å². The van der Waals surface area contributed by atoms with Gasteiger partial charge in [-0.25, -0.2) is 0 Å². The lowest BCUT2D eigenvalue weighted by Crippen LogP contribution is -2.40. The van der Waals surface area contributed by atoms with Crippen LogP contribution < -0.4 is 5.32 Å². The number of hydrogen-bond donors (Lipinski definition) is 1. The zero-order valence-corrected chi connectivity index (χ0v) is 11.7. The van der Waals surface area contributed by atoms with Crippen molar-refractivity contribution in [3.8, 4) is 0 Å². The molecule has 18 heavy (non-hydrogen) atoms. The van der Waals surface area contributed by atoms with Gasteiger partial charge < -0.3 is 5.32 Å². The summed E-state index contributed by atoms with van der Waals surface area (Å²) in [7, 11) is 0. The van der Waals surface area contributed by atoms with E-state index >= 15 is 0 Å². The molecular formula is C14H26F3N. The van der Waals surface area contributed by atoms with Crippen molar-refractivity contribution in [2.45, 2.75) is 65.1 Å². The normalized spacial score (nSPS) is 31.3. The Kier molecular flexibility index (Phi) is 5.96. The Morgan fingerprint density at radius 1 is 1.11 bits per heavy atom. The van der Waals surface area contributed by atoms with E-state index in [0.29, 0.717) is 17.8 Å². The van der Waals surface area contributed by atoms with Crippen LogP contribution >= 0.6 is 0 Å². The predicted molar refractivity (Wildman–Crippen MR) is 68.4 cm³/mol. The average molecular weight is 265 g/mol. The first-order chi connectivity index (χ1) is 8.31. The second-order valence-electron chi connectivity index (χ2n) is 6.00. The molecule has 108 valence electrons. The smallest absolute Gasteiger partial charge is 0.314 e. The third-order valence-corrected chi connectivity index (χ3v) is 3.99. The van der Waals surface area contributed by atoms with Gasteiger partial charge in [0, 0.05) is 12.5 Å². The summed E-state index contributed by atoms with van der Waals surface area (Å²) >= 11 is 0. The van der Waals surface area contributed by atoms with Crippen molar-refractivity contribution < 1.29 is 13.2 Å². The van der Waals surface area contributed by atoms with E-state index in [1.165, 1.54) is 6.42 Å². The van der Waals surface area contributed by atoms with E-state index < -0.39 is 12.6 Å². The van der Waals surface area contributed by atoms with Crippen molar-refractivity contribution in [3.05, 3.63) is 0 Å². The number of alkyl halides is 3. The van der Waals surface area contributed by atoms with Crippen molar-refractivity contribution in [2.24, 2.45) is 17.8 Å². The van der Waals surface area contributed by atoms with Crippen molar-refractivity contribution in [3.63, 3.8) is 0 Å². The summed E-state index contributed by atoms with van der Waals surface area (Å²) < 4.78 is 37.0. The van der Waals surface area contributed by atoms with Gasteiger partial charge in [-0.2, -0.15) is 13.2 Å². The maximum atomic E-state index is 12.3. The second-order valence-corrected chi connectivity index (χ2v) is 6.00. The van der Waals surface area contributed by atoms with E-state index in [0.717, 1.165) is 19.4 Å². The highest BCUT2D eigenvalue weighted by Gasteiger charge is 2.33. The molecule has 0 saturated heterocycles. The van der Waals surface area contributed by atoms with Gasteiger partial charge in [-0.3, -0.25) is 0 Å². The van der Waals surface area contributed by atoms with E-state index in [1.54, 1.807) is 0 Å². The molecule has 0 bridgehead atoms. The summed E-state index contributed by atoms with van der Waals surface area (Å²) in [6.45, 7) is 7.16. The monoisotopic (exact) mass is 265 g/mol. The Hall–Kier alpha value is -0.250. The second kappa shape index (κ2) is 6.78. The minimum atomic E-state index is -4.03. The van der Waals surface area contributed by atoms with Crippen molar-refractivity contribution in [1.82, 2.24) is 5.32 Å². The first kappa shape index (κ1) is 15.8. The van der Waals surface area contributed by atoms with E-state index in [-0.39, 0.29) is 12.5 Å². The fourth-order valence-electron chi connectivity index (χ4n) is 3.42. The Bertz CT molecular complexity index is 230. The van der Waals surface area contributed by atoms with Crippen LogP contribution in [0.3, 0.4) is 0 Å². The van der Waals surface area contributed by atoms with E-state index in [4.69, 9.17) is 0 Å². The minimum absolute atomic E-state index is 0.0295. The molecule has 0 aromatic carbocycles. The van der Waals surface area contributed by atoms with Crippen LogP contribution in [-0.4, -0.2) is 18.8 Å². The number of hydrogen-bond acceptors (Lipinski definition) is 1. The highest BCUT2D eigenvalue weighted by molar-refractivity contribution is 4.84. The van der Waals surface area contributed by atoms with E-state index in [9.17, 15) is 13.2 Å². The SMILES string of the molecule is CCNC(CCC(F)(F)F)C1CC(C)CC(C)C1. The molecule has 1 rings (SSSR count). The van der Waals surface area contributed by atoms with Crippen molar-refractivity contribution in [1.29, 1.82) is 0 Å². The zero-order valence-electron chi connectivity index (χ0n) is 11.7. The lowest BCUT2D eigenvalue weighted by Gasteiger charge is -2.37. The number of rotatable bonds is 5. The summed E-state index contributed by atoms with van der Waals surface area (Å²) in [6.07, 6.45) is -1.11. The van der Waals surface area contributed by atoms with Crippen LogP contribution in [0, 0.1) is 17.8 Å². The maximum absolute atomic E-state index is 12.3. The third-order valence-electron chi connectivity index (χ3n) is 3.99. The number of nitrogens with one attached hydrogen (secondary N) is 1. The molecule has 1 aliphatic carbocycles. The lowest BCUT2D eigenvalue weighted by atomic mass is 9.73. The molecule has 0 aromatic heterocycles. The van der Waals surface area contributed by atoms with Crippen molar-refractivity contribution in [2.75, 3.05) is 6.54 Å². The predicted octanol–water partition coefficient (Wildman–Crippen LogP) is 4.38. The minimum Gasteiger partial charge on any atom is -0.314 e. The molecule has 0 aliphatic heterocycles. The van der Waals surface area contributed by atoms with Gasteiger partial charge in [0.05, 0.1) is 0 Å². The molecule has 1 saturated carbocycles. The molecule has 3 unspecified atom stereocenters. The highest BCUT2D eigenvalue weighted by Crippen LogP contribution is 2.36. The highest BCUT2D eigenvalue weighted by atomic mass is 19.4. The Labute approximate surface area is 109 Å². The Morgan fingerprint density at radius 3 is 2.11 bits per heavy atom. The third kappa shape index (κ3) is 5.59. The van der Waals surface area contributed by atoms with E-state index in [2.05, 4.69) is 19.2 Å². The van der Waals surface area contributed by atoms with Gasteiger partial charge in [0.25, 0.3) is 0 Å². The number of halogens is 3. The topological polar surface area (TPSA) is 12.0 Å².